The highest BCUT2D eigenvalue weighted by atomic mass is 16.5. The zero-order chi connectivity index (χ0) is 12.4. The molecule has 3 nitrogen and oxygen atoms in total. The van der Waals surface area contributed by atoms with Gasteiger partial charge in [-0.05, 0) is 31.4 Å². The van der Waals surface area contributed by atoms with Crippen LogP contribution in [0.2, 0.25) is 0 Å². The van der Waals surface area contributed by atoms with Crippen molar-refractivity contribution >= 4 is 5.69 Å². The summed E-state index contributed by atoms with van der Waals surface area (Å²) < 4.78 is 5.77. The number of fused-ring (bicyclic) bond motifs is 1. The zero-order valence-corrected chi connectivity index (χ0v) is 10.6. The van der Waals surface area contributed by atoms with Crippen LogP contribution in [-0.4, -0.2) is 19.7 Å². The Morgan fingerprint density at radius 1 is 1.33 bits per heavy atom. The third kappa shape index (κ3) is 2.15. The largest absolute Gasteiger partial charge is 0.491 e. The SMILES string of the molecule is N#CCC1(CN2CCCOc3ccccc32)CC1. The first-order valence-corrected chi connectivity index (χ1v) is 6.67. The Kier molecular flexibility index (Phi) is 2.87. The van der Waals surface area contributed by atoms with Crippen molar-refractivity contribution in [3.05, 3.63) is 24.3 Å². The molecule has 1 fully saturated rings. The highest BCUT2D eigenvalue weighted by molar-refractivity contribution is 5.59. The summed E-state index contributed by atoms with van der Waals surface area (Å²) in [7, 11) is 0. The van der Waals surface area contributed by atoms with Gasteiger partial charge in [-0.3, -0.25) is 0 Å². The molecule has 0 amide bonds. The van der Waals surface area contributed by atoms with E-state index in [1.165, 1.54) is 18.5 Å². The van der Waals surface area contributed by atoms with Crippen LogP contribution in [0.5, 0.6) is 5.75 Å². The molecule has 1 aliphatic heterocycles. The molecule has 1 aliphatic carbocycles. The second kappa shape index (κ2) is 4.53. The van der Waals surface area contributed by atoms with Crippen LogP contribution in [0.4, 0.5) is 5.69 Å². The van der Waals surface area contributed by atoms with Crippen molar-refractivity contribution < 1.29 is 4.74 Å². The maximum absolute atomic E-state index is 8.93. The fourth-order valence-corrected chi connectivity index (χ4v) is 2.70. The van der Waals surface area contributed by atoms with Gasteiger partial charge >= 0.3 is 0 Å². The number of hydrogen-bond donors (Lipinski definition) is 0. The van der Waals surface area contributed by atoms with Crippen LogP contribution in [0.1, 0.15) is 25.7 Å². The number of nitrogens with zero attached hydrogens (tertiary/aromatic N) is 2. The van der Waals surface area contributed by atoms with E-state index in [1.807, 2.05) is 12.1 Å². The highest BCUT2D eigenvalue weighted by Crippen LogP contribution is 2.50. The van der Waals surface area contributed by atoms with Crippen molar-refractivity contribution in [2.24, 2.45) is 5.41 Å². The molecule has 1 heterocycles. The van der Waals surface area contributed by atoms with Crippen LogP contribution in [0.3, 0.4) is 0 Å². The maximum Gasteiger partial charge on any atom is 0.142 e. The predicted octanol–water partition coefficient (Wildman–Crippen LogP) is 2.97. The molecule has 1 aromatic carbocycles. The molecule has 0 bridgehead atoms. The van der Waals surface area contributed by atoms with Gasteiger partial charge in [-0.15, -0.1) is 0 Å². The minimum absolute atomic E-state index is 0.256. The first-order chi connectivity index (χ1) is 8.83. The summed E-state index contributed by atoms with van der Waals surface area (Å²) in [6.07, 6.45) is 4.13. The molecule has 0 N–H and O–H groups in total. The van der Waals surface area contributed by atoms with Crippen molar-refractivity contribution in [1.29, 1.82) is 5.26 Å². The third-order valence-corrected chi connectivity index (χ3v) is 3.97. The van der Waals surface area contributed by atoms with E-state index in [0.717, 1.165) is 31.9 Å². The summed E-state index contributed by atoms with van der Waals surface area (Å²) >= 11 is 0. The number of nitriles is 1. The summed E-state index contributed by atoms with van der Waals surface area (Å²) in [5.41, 5.74) is 1.45. The average Bonchev–Trinajstić information content (AvgIpc) is 3.16. The second-order valence-electron chi connectivity index (χ2n) is 5.43. The third-order valence-electron chi connectivity index (χ3n) is 3.97. The maximum atomic E-state index is 8.93. The van der Waals surface area contributed by atoms with E-state index in [2.05, 4.69) is 23.1 Å². The van der Waals surface area contributed by atoms with Gasteiger partial charge in [0.2, 0.25) is 0 Å². The minimum atomic E-state index is 0.256. The van der Waals surface area contributed by atoms with E-state index in [-0.39, 0.29) is 5.41 Å². The zero-order valence-electron chi connectivity index (χ0n) is 10.6. The summed E-state index contributed by atoms with van der Waals surface area (Å²) in [6.45, 7) is 2.82. The Balaban J connectivity index is 1.82. The van der Waals surface area contributed by atoms with Crippen LogP contribution in [0.15, 0.2) is 24.3 Å². The van der Waals surface area contributed by atoms with Crippen molar-refractivity contribution in [3.63, 3.8) is 0 Å². The first-order valence-electron chi connectivity index (χ1n) is 6.67. The Labute approximate surface area is 108 Å². The molecule has 0 aromatic heterocycles. The fourth-order valence-electron chi connectivity index (χ4n) is 2.70. The summed E-state index contributed by atoms with van der Waals surface area (Å²) in [5.74, 6) is 0.989. The van der Waals surface area contributed by atoms with Gasteiger partial charge in [0.25, 0.3) is 0 Å². The topological polar surface area (TPSA) is 36.3 Å². The van der Waals surface area contributed by atoms with Crippen molar-refractivity contribution in [1.82, 2.24) is 0 Å². The lowest BCUT2D eigenvalue weighted by atomic mass is 10.0. The van der Waals surface area contributed by atoms with Crippen molar-refractivity contribution in [2.45, 2.75) is 25.7 Å². The number of rotatable bonds is 3. The average molecular weight is 242 g/mol. The molecular formula is C15H18N2O. The number of anilines is 1. The van der Waals surface area contributed by atoms with Crippen LogP contribution >= 0.6 is 0 Å². The number of benzene rings is 1. The minimum Gasteiger partial charge on any atom is -0.491 e. The molecule has 0 radical (unpaired) electrons. The Hall–Kier alpha value is -1.69. The molecule has 0 spiro atoms. The Bertz CT molecular complexity index is 474. The van der Waals surface area contributed by atoms with Crippen LogP contribution in [0, 0.1) is 16.7 Å². The Morgan fingerprint density at radius 3 is 2.94 bits per heavy atom. The van der Waals surface area contributed by atoms with Crippen molar-refractivity contribution in [3.8, 4) is 11.8 Å². The monoisotopic (exact) mass is 242 g/mol. The number of para-hydroxylation sites is 2. The molecule has 18 heavy (non-hydrogen) atoms. The lowest BCUT2D eigenvalue weighted by Gasteiger charge is -2.27. The first kappa shape index (κ1) is 11.4. The van der Waals surface area contributed by atoms with Gasteiger partial charge in [0.15, 0.2) is 0 Å². The van der Waals surface area contributed by atoms with E-state index in [4.69, 9.17) is 10.00 Å². The lowest BCUT2D eigenvalue weighted by molar-refractivity contribution is 0.322. The van der Waals surface area contributed by atoms with E-state index in [9.17, 15) is 0 Å². The van der Waals surface area contributed by atoms with Crippen LogP contribution in [0.25, 0.3) is 0 Å². The van der Waals surface area contributed by atoms with E-state index in [0.29, 0.717) is 6.42 Å². The Morgan fingerprint density at radius 2 is 2.17 bits per heavy atom. The normalized spacial score (nSPS) is 20.3. The van der Waals surface area contributed by atoms with E-state index < -0.39 is 0 Å². The number of hydrogen-bond acceptors (Lipinski definition) is 3. The lowest BCUT2D eigenvalue weighted by Crippen LogP contribution is -2.31. The highest BCUT2D eigenvalue weighted by Gasteiger charge is 2.44. The fraction of sp³-hybridized carbons (Fsp3) is 0.533. The van der Waals surface area contributed by atoms with Gasteiger partial charge in [-0.25, -0.2) is 0 Å². The molecule has 0 saturated heterocycles. The summed E-state index contributed by atoms with van der Waals surface area (Å²) in [6, 6.07) is 10.6. The van der Waals surface area contributed by atoms with Gasteiger partial charge in [-0.1, -0.05) is 12.1 Å². The second-order valence-corrected chi connectivity index (χ2v) is 5.43. The van der Waals surface area contributed by atoms with Gasteiger partial charge < -0.3 is 9.64 Å². The molecule has 1 saturated carbocycles. The predicted molar refractivity (Wildman–Crippen MR) is 70.7 cm³/mol. The molecule has 3 heteroatoms. The van der Waals surface area contributed by atoms with E-state index >= 15 is 0 Å². The van der Waals surface area contributed by atoms with Gasteiger partial charge in [0, 0.05) is 24.9 Å². The number of ether oxygens (including phenoxy) is 1. The molecule has 0 atom stereocenters. The molecule has 3 rings (SSSR count). The molecule has 94 valence electrons. The standard InChI is InChI=1S/C15H18N2O/c16-9-8-15(6-7-15)12-17-10-3-11-18-14-5-2-1-4-13(14)17/h1-2,4-5H,3,6-8,10-12H2. The summed E-state index contributed by atoms with van der Waals surface area (Å²) in [5, 5.41) is 8.93. The molecular weight excluding hydrogens is 224 g/mol. The summed E-state index contributed by atoms with van der Waals surface area (Å²) in [4.78, 5) is 2.41. The van der Waals surface area contributed by atoms with Crippen LogP contribution in [-0.2, 0) is 0 Å². The van der Waals surface area contributed by atoms with Crippen molar-refractivity contribution in [2.75, 3.05) is 24.6 Å². The van der Waals surface area contributed by atoms with Gasteiger partial charge in [0.05, 0.1) is 18.4 Å². The molecule has 1 aromatic rings. The van der Waals surface area contributed by atoms with Gasteiger partial charge in [0.1, 0.15) is 5.75 Å². The van der Waals surface area contributed by atoms with E-state index in [1.54, 1.807) is 0 Å². The van der Waals surface area contributed by atoms with Gasteiger partial charge in [-0.2, -0.15) is 5.26 Å². The van der Waals surface area contributed by atoms with Crippen LogP contribution < -0.4 is 9.64 Å². The smallest absolute Gasteiger partial charge is 0.142 e. The molecule has 2 aliphatic rings. The molecule has 0 unspecified atom stereocenters. The quantitative estimate of drug-likeness (QED) is 0.817.